The lowest BCUT2D eigenvalue weighted by Crippen LogP contribution is -2.45. The Hall–Kier alpha value is -4.14. The third-order valence-electron chi connectivity index (χ3n) is 7.40. The number of nitrogens with one attached hydrogen (secondary N) is 5. The number of guanidine groups is 2. The minimum atomic E-state index is -0.435. The molecule has 0 spiro atoms. The van der Waals surface area contributed by atoms with Crippen molar-refractivity contribution < 1.29 is 14.7 Å². The van der Waals surface area contributed by atoms with E-state index in [0.717, 1.165) is 36.4 Å². The summed E-state index contributed by atoms with van der Waals surface area (Å²) in [4.78, 5) is 25.3. The fourth-order valence-corrected chi connectivity index (χ4v) is 5.62. The van der Waals surface area contributed by atoms with E-state index in [-0.39, 0.29) is 35.4 Å². The monoisotopic (exact) mass is 619 g/mol. The first kappa shape index (κ1) is 31.8. The molecule has 2 aliphatic carbocycles. The fraction of sp³-hybridized carbons (Fsp3) is 0.273. The van der Waals surface area contributed by atoms with Crippen LogP contribution in [0.2, 0.25) is 10.0 Å². The average Bonchev–Trinajstić information content (AvgIpc) is 2.98. The zero-order valence-corrected chi connectivity index (χ0v) is 25.5. The number of Topliss-reactive ketones (excluding diaryl/α,β-unsaturated/α-hetero) is 2. The van der Waals surface area contributed by atoms with Crippen molar-refractivity contribution in [1.29, 1.82) is 10.8 Å². The van der Waals surface area contributed by atoms with Crippen molar-refractivity contribution in [2.24, 2.45) is 5.92 Å². The molecule has 8 nitrogen and oxygen atoms in total. The van der Waals surface area contributed by atoms with Crippen molar-refractivity contribution in [1.82, 2.24) is 10.6 Å². The van der Waals surface area contributed by atoms with Crippen LogP contribution in [0.15, 0.2) is 84.1 Å². The highest BCUT2D eigenvalue weighted by Gasteiger charge is 2.37. The number of carbonyl (C=O) groups excluding carboxylic acids is 2. The van der Waals surface area contributed by atoms with Crippen LogP contribution >= 0.6 is 23.2 Å². The van der Waals surface area contributed by atoms with Crippen LogP contribution in [0, 0.1) is 16.7 Å². The quantitative estimate of drug-likeness (QED) is 0.131. The van der Waals surface area contributed by atoms with Crippen LogP contribution in [-0.2, 0) is 0 Å². The number of aliphatic hydroxyl groups excluding tert-OH is 1. The second kappa shape index (κ2) is 14.4. The van der Waals surface area contributed by atoms with Crippen LogP contribution in [0.1, 0.15) is 71.7 Å². The summed E-state index contributed by atoms with van der Waals surface area (Å²) in [6.07, 6.45) is 3.42. The second-order valence-corrected chi connectivity index (χ2v) is 11.7. The van der Waals surface area contributed by atoms with Gasteiger partial charge in [-0.2, -0.15) is 0 Å². The summed E-state index contributed by atoms with van der Waals surface area (Å²) >= 11 is 11.7. The Morgan fingerprint density at radius 1 is 0.767 bits per heavy atom. The lowest BCUT2D eigenvalue weighted by atomic mass is 9.72. The number of rotatable bonds is 4. The van der Waals surface area contributed by atoms with Crippen molar-refractivity contribution in [3.05, 3.63) is 111 Å². The van der Waals surface area contributed by atoms with Gasteiger partial charge in [-0.1, -0.05) is 59.6 Å². The number of anilines is 1. The Kier molecular flexibility index (Phi) is 10.6. The van der Waals surface area contributed by atoms with Crippen LogP contribution in [0.5, 0.6) is 0 Å². The maximum atomic E-state index is 12.9. The number of allylic oxidation sites excluding steroid dienone is 2. The Labute approximate surface area is 261 Å². The Morgan fingerprint density at radius 2 is 1.28 bits per heavy atom. The lowest BCUT2D eigenvalue weighted by molar-refractivity contribution is 0.0914. The molecule has 0 saturated heterocycles. The standard InChI is InChI=1S/C22H19ClO3.C11H16ClN5/c23-16-11-9-14(10-12-16)13-5-7-15(8-6-13)19-20(24)17-3-1-2-4-18(17)21(25)22(19)26;1-7(2)15-10(13)17-11(14)16-9-5-3-8(12)4-6-9/h1-4,9-13,15,26H,5-8H2;3-7H,1-2H3,(H5,13,14,15,16,17). The largest absolute Gasteiger partial charge is 0.504 e. The van der Waals surface area contributed by atoms with Gasteiger partial charge in [0, 0.05) is 38.5 Å². The number of hydrogen-bond donors (Lipinski definition) is 6. The van der Waals surface area contributed by atoms with E-state index in [1.807, 2.05) is 26.0 Å². The van der Waals surface area contributed by atoms with E-state index in [0.29, 0.717) is 27.6 Å². The van der Waals surface area contributed by atoms with E-state index in [1.165, 1.54) is 5.56 Å². The molecule has 0 bridgehead atoms. The number of aliphatic hydroxyl groups is 1. The normalized spacial score (nSPS) is 17.9. The Bertz CT molecular complexity index is 1530. The first-order valence-electron chi connectivity index (χ1n) is 14.1. The van der Waals surface area contributed by atoms with Gasteiger partial charge >= 0.3 is 0 Å². The lowest BCUT2D eigenvalue weighted by Gasteiger charge is -2.31. The number of halogens is 2. The Balaban J connectivity index is 0.000000217. The highest BCUT2D eigenvalue weighted by Crippen LogP contribution is 2.42. The summed E-state index contributed by atoms with van der Waals surface area (Å²) in [5, 5.41) is 35.2. The molecule has 0 amide bonds. The zero-order valence-electron chi connectivity index (χ0n) is 24.0. The molecule has 3 aromatic rings. The van der Waals surface area contributed by atoms with Gasteiger partial charge in [-0.25, -0.2) is 0 Å². The third kappa shape index (κ3) is 8.24. The van der Waals surface area contributed by atoms with Gasteiger partial charge in [-0.05, 0) is 93.3 Å². The van der Waals surface area contributed by atoms with E-state index < -0.39 is 5.78 Å². The minimum absolute atomic E-state index is 0.0328. The summed E-state index contributed by atoms with van der Waals surface area (Å²) in [5.74, 6) is -0.514. The number of ketones is 2. The second-order valence-electron chi connectivity index (χ2n) is 10.9. The van der Waals surface area contributed by atoms with Crippen LogP contribution in [-0.4, -0.2) is 34.6 Å². The molecular formula is C33H35Cl2N5O3. The summed E-state index contributed by atoms with van der Waals surface area (Å²) in [5.41, 5.74) is 3.01. The first-order valence-corrected chi connectivity index (χ1v) is 14.9. The van der Waals surface area contributed by atoms with Crippen molar-refractivity contribution >= 4 is 52.4 Å². The number of hydrogen-bond acceptors (Lipinski definition) is 5. The smallest absolute Gasteiger partial charge is 0.228 e. The molecule has 2 aliphatic rings. The van der Waals surface area contributed by atoms with Crippen molar-refractivity contribution in [2.75, 3.05) is 5.32 Å². The molecule has 0 radical (unpaired) electrons. The molecular weight excluding hydrogens is 585 g/mol. The fourth-order valence-electron chi connectivity index (χ4n) is 5.37. The maximum absolute atomic E-state index is 12.9. The molecule has 0 atom stereocenters. The summed E-state index contributed by atoms with van der Waals surface area (Å²) in [6, 6.07) is 21.8. The third-order valence-corrected chi connectivity index (χ3v) is 7.91. The highest BCUT2D eigenvalue weighted by molar-refractivity contribution is 6.31. The molecule has 0 unspecified atom stereocenters. The Morgan fingerprint density at radius 3 is 1.84 bits per heavy atom. The predicted molar refractivity (Wildman–Crippen MR) is 173 cm³/mol. The van der Waals surface area contributed by atoms with E-state index >= 15 is 0 Å². The van der Waals surface area contributed by atoms with Gasteiger partial charge < -0.3 is 15.7 Å². The summed E-state index contributed by atoms with van der Waals surface area (Å²) in [6.45, 7) is 3.85. The van der Waals surface area contributed by atoms with Gasteiger partial charge in [0.05, 0.1) is 0 Å². The van der Waals surface area contributed by atoms with Gasteiger partial charge in [0.15, 0.2) is 23.5 Å². The molecule has 224 valence electrons. The van der Waals surface area contributed by atoms with E-state index in [4.69, 9.17) is 34.0 Å². The van der Waals surface area contributed by atoms with Gasteiger partial charge in [-0.15, -0.1) is 0 Å². The van der Waals surface area contributed by atoms with Crippen molar-refractivity contribution in [3.63, 3.8) is 0 Å². The zero-order chi connectivity index (χ0) is 31.1. The topological polar surface area (TPSA) is 138 Å². The van der Waals surface area contributed by atoms with Gasteiger partial charge in [-0.3, -0.25) is 25.7 Å². The highest BCUT2D eigenvalue weighted by atomic mass is 35.5. The number of fused-ring (bicyclic) bond motifs is 1. The molecule has 0 aliphatic heterocycles. The summed E-state index contributed by atoms with van der Waals surface area (Å²) < 4.78 is 0. The molecule has 5 rings (SSSR count). The van der Waals surface area contributed by atoms with Crippen LogP contribution in [0.25, 0.3) is 0 Å². The van der Waals surface area contributed by atoms with Crippen molar-refractivity contribution in [2.45, 2.75) is 51.5 Å². The van der Waals surface area contributed by atoms with Crippen LogP contribution in [0.4, 0.5) is 5.69 Å². The summed E-state index contributed by atoms with van der Waals surface area (Å²) in [7, 11) is 0. The van der Waals surface area contributed by atoms with Crippen LogP contribution < -0.4 is 16.0 Å². The molecule has 1 saturated carbocycles. The van der Waals surface area contributed by atoms with E-state index in [2.05, 4.69) is 28.1 Å². The predicted octanol–water partition coefficient (Wildman–Crippen LogP) is 7.71. The molecule has 43 heavy (non-hydrogen) atoms. The molecule has 1 fully saturated rings. The molecule has 3 aromatic carbocycles. The molecule has 0 aromatic heterocycles. The molecule has 0 heterocycles. The van der Waals surface area contributed by atoms with Gasteiger partial charge in [0.2, 0.25) is 5.78 Å². The van der Waals surface area contributed by atoms with Crippen molar-refractivity contribution in [3.8, 4) is 0 Å². The SMILES string of the molecule is CC(C)NC(=N)NC(=N)Nc1ccc(Cl)cc1.O=C1C(O)=C(C2CCC(c3ccc(Cl)cc3)CC2)C(=O)c2ccccc21. The maximum Gasteiger partial charge on any atom is 0.228 e. The number of carbonyl (C=O) groups is 2. The van der Waals surface area contributed by atoms with Crippen LogP contribution in [0.3, 0.4) is 0 Å². The van der Waals surface area contributed by atoms with Gasteiger partial charge in [0.1, 0.15) is 0 Å². The van der Waals surface area contributed by atoms with E-state index in [1.54, 1.807) is 48.5 Å². The van der Waals surface area contributed by atoms with E-state index in [9.17, 15) is 14.7 Å². The average molecular weight is 621 g/mol. The molecule has 10 heteroatoms. The molecule has 6 N–H and O–H groups in total. The van der Waals surface area contributed by atoms with Gasteiger partial charge in [0.25, 0.3) is 0 Å². The minimum Gasteiger partial charge on any atom is -0.504 e. The first-order chi connectivity index (χ1) is 20.5. The number of benzene rings is 3.